The van der Waals surface area contributed by atoms with Gasteiger partial charge in [0, 0.05) is 29.8 Å². The van der Waals surface area contributed by atoms with E-state index in [4.69, 9.17) is 9.47 Å². The number of nitrogens with one attached hydrogen (secondary N) is 2. The number of anilines is 2. The Morgan fingerprint density at radius 1 is 1.19 bits per heavy atom. The molecule has 1 aliphatic rings. The van der Waals surface area contributed by atoms with Gasteiger partial charge in [0.25, 0.3) is 0 Å². The lowest BCUT2D eigenvalue weighted by Crippen LogP contribution is -2.21. The van der Waals surface area contributed by atoms with Gasteiger partial charge >= 0.3 is 0 Å². The number of methoxy groups -OCH3 is 1. The Balaban J connectivity index is 1.57. The molecule has 162 valence electrons. The Hall–Kier alpha value is -3.38. The fraction of sp³-hybridized carbons (Fsp3) is 0.455. The number of fused-ring (bicyclic) bond motifs is 1. The third kappa shape index (κ3) is 4.86. The third-order valence-corrected chi connectivity index (χ3v) is 5.41. The molecule has 9 heteroatoms. The molecule has 0 radical (unpaired) electrons. The number of aromatic amines is 1. The van der Waals surface area contributed by atoms with Crippen LogP contribution in [-0.4, -0.2) is 58.4 Å². The first-order chi connectivity index (χ1) is 15.2. The Kier molecular flexibility index (Phi) is 6.48. The van der Waals surface area contributed by atoms with E-state index in [1.807, 2.05) is 25.1 Å². The number of hydrogen-bond acceptors (Lipinski definition) is 8. The van der Waals surface area contributed by atoms with Gasteiger partial charge in [-0.3, -0.25) is 5.10 Å². The highest BCUT2D eigenvalue weighted by atomic mass is 16.5. The van der Waals surface area contributed by atoms with Gasteiger partial charge in [-0.25, -0.2) is 9.97 Å². The molecule has 0 aliphatic carbocycles. The predicted octanol–water partition coefficient (Wildman–Crippen LogP) is 3.40. The van der Waals surface area contributed by atoms with Crippen LogP contribution in [0.15, 0.2) is 18.2 Å². The molecule has 0 unspecified atom stereocenters. The van der Waals surface area contributed by atoms with E-state index in [9.17, 15) is 5.26 Å². The van der Waals surface area contributed by atoms with Crippen LogP contribution in [0.2, 0.25) is 0 Å². The standard InChI is InChI=1S/C22H27N7O2/c1-3-15-11-20(28-27-15)25-22-16-12-18(30-2)19(13-17(16)24-21(14-23)26-22)31-10-6-9-29-7-4-5-8-29/h11-13H,3-10H2,1-2H3,(H2,24,25,26,27,28). The molecule has 0 amide bonds. The van der Waals surface area contributed by atoms with Crippen LogP contribution in [0.1, 0.15) is 37.7 Å². The molecule has 9 nitrogen and oxygen atoms in total. The van der Waals surface area contributed by atoms with Crippen LogP contribution >= 0.6 is 0 Å². The lowest BCUT2D eigenvalue weighted by Gasteiger charge is -2.16. The largest absolute Gasteiger partial charge is 0.493 e. The zero-order valence-corrected chi connectivity index (χ0v) is 17.9. The molecular formula is C22H27N7O2. The minimum Gasteiger partial charge on any atom is -0.493 e. The number of aromatic nitrogens is 4. The summed E-state index contributed by atoms with van der Waals surface area (Å²) >= 11 is 0. The molecule has 3 aromatic rings. The highest BCUT2D eigenvalue weighted by Gasteiger charge is 2.15. The number of ether oxygens (including phenoxy) is 2. The van der Waals surface area contributed by atoms with Crippen LogP contribution in [0, 0.1) is 11.3 Å². The van der Waals surface area contributed by atoms with Crippen LogP contribution in [0.5, 0.6) is 11.5 Å². The van der Waals surface area contributed by atoms with Gasteiger partial charge in [-0.2, -0.15) is 10.4 Å². The van der Waals surface area contributed by atoms with Gasteiger partial charge in [0.2, 0.25) is 5.82 Å². The summed E-state index contributed by atoms with van der Waals surface area (Å²) < 4.78 is 11.6. The topological polar surface area (TPSA) is 112 Å². The molecule has 0 saturated carbocycles. The molecule has 4 rings (SSSR count). The summed E-state index contributed by atoms with van der Waals surface area (Å²) in [6.45, 7) is 6.03. The monoisotopic (exact) mass is 421 g/mol. The molecule has 1 fully saturated rings. The maximum atomic E-state index is 9.39. The van der Waals surface area contributed by atoms with Crippen molar-refractivity contribution in [3.05, 3.63) is 29.7 Å². The Morgan fingerprint density at radius 3 is 2.74 bits per heavy atom. The first-order valence-electron chi connectivity index (χ1n) is 10.7. The van der Waals surface area contributed by atoms with Crippen LogP contribution in [0.4, 0.5) is 11.6 Å². The molecule has 2 aromatic heterocycles. The van der Waals surface area contributed by atoms with Crippen LogP contribution in [0.3, 0.4) is 0 Å². The molecule has 1 aromatic carbocycles. The molecule has 0 spiro atoms. The van der Waals surface area contributed by atoms with Crippen LogP contribution < -0.4 is 14.8 Å². The molecule has 31 heavy (non-hydrogen) atoms. The number of hydrogen-bond donors (Lipinski definition) is 2. The average molecular weight is 422 g/mol. The van der Waals surface area contributed by atoms with Gasteiger partial charge < -0.3 is 19.7 Å². The summed E-state index contributed by atoms with van der Waals surface area (Å²) in [5.74, 6) is 2.40. The van der Waals surface area contributed by atoms with E-state index in [0.29, 0.717) is 35.3 Å². The van der Waals surface area contributed by atoms with Crippen molar-refractivity contribution in [3.8, 4) is 17.6 Å². The molecule has 2 N–H and O–H groups in total. The van der Waals surface area contributed by atoms with Gasteiger partial charge in [-0.15, -0.1) is 0 Å². The quantitative estimate of drug-likeness (QED) is 0.506. The minimum atomic E-state index is 0.0754. The molecule has 0 atom stereocenters. The van der Waals surface area contributed by atoms with E-state index < -0.39 is 0 Å². The van der Waals surface area contributed by atoms with Crippen molar-refractivity contribution in [3.63, 3.8) is 0 Å². The molecule has 3 heterocycles. The number of nitrogens with zero attached hydrogens (tertiary/aromatic N) is 5. The molecular weight excluding hydrogens is 394 g/mol. The minimum absolute atomic E-state index is 0.0754. The summed E-state index contributed by atoms with van der Waals surface area (Å²) in [6, 6.07) is 7.58. The van der Waals surface area contributed by atoms with E-state index in [-0.39, 0.29) is 5.82 Å². The first-order valence-corrected chi connectivity index (χ1v) is 10.7. The fourth-order valence-corrected chi connectivity index (χ4v) is 3.76. The van der Waals surface area contributed by atoms with E-state index in [1.165, 1.54) is 25.9 Å². The van der Waals surface area contributed by atoms with Crippen molar-refractivity contribution in [1.82, 2.24) is 25.1 Å². The summed E-state index contributed by atoms with van der Waals surface area (Å²) in [5, 5.41) is 20.5. The maximum Gasteiger partial charge on any atom is 0.234 e. The summed E-state index contributed by atoms with van der Waals surface area (Å²) in [6.07, 6.45) is 4.36. The lowest BCUT2D eigenvalue weighted by molar-refractivity contribution is 0.254. The Bertz CT molecular complexity index is 1080. The van der Waals surface area contributed by atoms with Gasteiger partial charge in [-0.1, -0.05) is 6.92 Å². The van der Waals surface area contributed by atoms with Crippen molar-refractivity contribution < 1.29 is 9.47 Å². The number of nitriles is 1. The summed E-state index contributed by atoms with van der Waals surface area (Å²) in [4.78, 5) is 11.2. The van der Waals surface area contributed by atoms with Gasteiger partial charge in [0.1, 0.15) is 11.9 Å². The van der Waals surface area contributed by atoms with Gasteiger partial charge in [-0.05, 0) is 44.8 Å². The number of aryl methyl sites for hydroxylation is 1. The van der Waals surface area contributed by atoms with Crippen LogP contribution in [-0.2, 0) is 6.42 Å². The van der Waals surface area contributed by atoms with E-state index in [2.05, 4.69) is 30.4 Å². The number of benzene rings is 1. The zero-order valence-electron chi connectivity index (χ0n) is 17.9. The smallest absolute Gasteiger partial charge is 0.234 e. The lowest BCUT2D eigenvalue weighted by atomic mass is 10.2. The van der Waals surface area contributed by atoms with Crippen molar-refractivity contribution in [2.45, 2.75) is 32.6 Å². The Morgan fingerprint density at radius 2 is 2.03 bits per heavy atom. The average Bonchev–Trinajstić information content (AvgIpc) is 3.48. The Labute approximate surface area is 181 Å². The highest BCUT2D eigenvalue weighted by Crippen LogP contribution is 2.35. The van der Waals surface area contributed by atoms with Crippen LogP contribution in [0.25, 0.3) is 10.9 Å². The molecule has 1 aliphatic heterocycles. The normalized spacial score (nSPS) is 14.0. The van der Waals surface area contributed by atoms with Gasteiger partial charge in [0.05, 0.1) is 19.2 Å². The number of likely N-dealkylation sites (tertiary alicyclic amines) is 1. The first kappa shape index (κ1) is 20.9. The number of rotatable bonds is 9. The van der Waals surface area contributed by atoms with Crippen molar-refractivity contribution in [2.75, 3.05) is 38.7 Å². The zero-order chi connectivity index (χ0) is 21.6. The fourth-order valence-electron chi connectivity index (χ4n) is 3.76. The van der Waals surface area contributed by atoms with Gasteiger partial charge in [0.15, 0.2) is 17.3 Å². The second-order valence-electron chi connectivity index (χ2n) is 7.54. The predicted molar refractivity (Wildman–Crippen MR) is 118 cm³/mol. The second kappa shape index (κ2) is 9.62. The second-order valence-corrected chi connectivity index (χ2v) is 7.54. The third-order valence-electron chi connectivity index (χ3n) is 5.41. The molecule has 0 bridgehead atoms. The van der Waals surface area contributed by atoms with E-state index in [0.717, 1.165) is 30.5 Å². The van der Waals surface area contributed by atoms with E-state index in [1.54, 1.807) is 13.2 Å². The SMILES string of the molecule is CCc1cc(Nc2nc(C#N)nc3cc(OCCCN4CCCC4)c(OC)cc23)n[nH]1. The summed E-state index contributed by atoms with van der Waals surface area (Å²) in [5.41, 5.74) is 1.61. The number of H-pyrrole nitrogens is 1. The highest BCUT2D eigenvalue weighted by molar-refractivity contribution is 5.93. The molecule has 1 saturated heterocycles. The summed E-state index contributed by atoms with van der Waals surface area (Å²) in [7, 11) is 1.61. The maximum absolute atomic E-state index is 9.39. The van der Waals surface area contributed by atoms with Crippen molar-refractivity contribution >= 4 is 22.5 Å². The van der Waals surface area contributed by atoms with Crippen molar-refractivity contribution in [2.24, 2.45) is 0 Å². The van der Waals surface area contributed by atoms with Crippen molar-refractivity contribution in [1.29, 1.82) is 5.26 Å². The van der Waals surface area contributed by atoms with E-state index >= 15 is 0 Å².